The van der Waals surface area contributed by atoms with Gasteiger partial charge in [0.05, 0.1) is 19.8 Å². The fourth-order valence-electron chi connectivity index (χ4n) is 2.99. The first-order chi connectivity index (χ1) is 8.60. The molecule has 18 heavy (non-hydrogen) atoms. The van der Waals surface area contributed by atoms with Crippen LogP contribution in [0.2, 0.25) is 0 Å². The third kappa shape index (κ3) is 4.84. The normalized spacial score (nSPS) is 28.8. The Morgan fingerprint density at radius 3 is 2.78 bits per heavy atom. The number of hydrogen-bond donors (Lipinski definition) is 2. The fourth-order valence-corrected chi connectivity index (χ4v) is 2.99. The lowest BCUT2D eigenvalue weighted by molar-refractivity contribution is 0.0663. The molecular formula is C14H30N2O2. The van der Waals surface area contributed by atoms with Crippen LogP contribution in [0, 0.1) is 5.92 Å². The summed E-state index contributed by atoms with van der Waals surface area (Å²) in [7, 11) is 4.39. The first-order valence-corrected chi connectivity index (χ1v) is 7.17. The number of likely N-dealkylation sites (N-methyl/N-ethyl adjacent to an activating group) is 1. The Morgan fingerprint density at radius 2 is 2.17 bits per heavy atom. The minimum absolute atomic E-state index is 0.110. The molecule has 1 aliphatic rings. The van der Waals surface area contributed by atoms with Crippen molar-refractivity contribution in [2.24, 2.45) is 5.92 Å². The van der Waals surface area contributed by atoms with E-state index in [2.05, 4.69) is 31.2 Å². The highest BCUT2D eigenvalue weighted by molar-refractivity contribution is 4.94. The molecule has 0 bridgehead atoms. The first-order valence-electron chi connectivity index (χ1n) is 7.17. The summed E-state index contributed by atoms with van der Waals surface area (Å²) in [5.74, 6) is 0.827. The monoisotopic (exact) mass is 258 g/mol. The van der Waals surface area contributed by atoms with Gasteiger partial charge in [0.1, 0.15) is 0 Å². The smallest absolute Gasteiger partial charge is 0.0698 e. The van der Waals surface area contributed by atoms with Crippen molar-refractivity contribution >= 4 is 0 Å². The second kappa shape index (κ2) is 8.10. The Hall–Kier alpha value is -0.160. The van der Waals surface area contributed by atoms with Gasteiger partial charge < -0.3 is 20.1 Å². The molecule has 2 atom stereocenters. The van der Waals surface area contributed by atoms with Gasteiger partial charge in [0.2, 0.25) is 0 Å². The van der Waals surface area contributed by atoms with E-state index in [0.29, 0.717) is 18.8 Å². The Balaban J connectivity index is 2.29. The van der Waals surface area contributed by atoms with Crippen LogP contribution in [0.15, 0.2) is 0 Å². The highest BCUT2D eigenvalue weighted by Crippen LogP contribution is 2.35. The van der Waals surface area contributed by atoms with Gasteiger partial charge in [0.15, 0.2) is 0 Å². The maximum absolute atomic E-state index is 8.62. The third-order valence-electron chi connectivity index (χ3n) is 4.13. The van der Waals surface area contributed by atoms with Crippen LogP contribution in [-0.4, -0.2) is 62.6 Å². The summed E-state index contributed by atoms with van der Waals surface area (Å²) in [6, 6.07) is 0. The standard InChI is InChI=1S/C14H30N2O2/c1-13-5-4-6-14(11-13,16(2)3)12-15-7-9-18-10-8-17/h13,15,17H,4-12H2,1-3H3. The molecular weight excluding hydrogens is 228 g/mol. The molecule has 0 aliphatic heterocycles. The number of aliphatic hydroxyl groups excluding tert-OH is 1. The van der Waals surface area contributed by atoms with Crippen LogP contribution < -0.4 is 5.32 Å². The van der Waals surface area contributed by atoms with Crippen molar-refractivity contribution in [2.75, 3.05) is 47.0 Å². The average Bonchev–Trinajstić information content (AvgIpc) is 2.33. The van der Waals surface area contributed by atoms with E-state index >= 15 is 0 Å². The van der Waals surface area contributed by atoms with Crippen molar-refractivity contribution < 1.29 is 9.84 Å². The van der Waals surface area contributed by atoms with E-state index in [1.165, 1.54) is 25.7 Å². The SMILES string of the molecule is CC1CCCC(CNCCOCCO)(N(C)C)C1. The van der Waals surface area contributed by atoms with Gasteiger partial charge in [0, 0.05) is 18.6 Å². The highest BCUT2D eigenvalue weighted by atomic mass is 16.5. The van der Waals surface area contributed by atoms with Crippen molar-refractivity contribution in [3.8, 4) is 0 Å². The molecule has 2 N–H and O–H groups in total. The molecule has 0 saturated heterocycles. The van der Waals surface area contributed by atoms with Gasteiger partial charge in [0.25, 0.3) is 0 Å². The van der Waals surface area contributed by atoms with Crippen LogP contribution in [0.4, 0.5) is 0 Å². The number of hydrogen-bond acceptors (Lipinski definition) is 4. The van der Waals surface area contributed by atoms with E-state index in [9.17, 15) is 0 Å². The molecule has 0 amide bonds. The fraction of sp³-hybridized carbons (Fsp3) is 1.00. The lowest BCUT2D eigenvalue weighted by Crippen LogP contribution is -2.54. The minimum Gasteiger partial charge on any atom is -0.394 e. The predicted octanol–water partition coefficient (Wildman–Crippen LogP) is 1.10. The summed E-state index contributed by atoms with van der Waals surface area (Å²) in [5.41, 5.74) is 0.314. The van der Waals surface area contributed by atoms with Crippen molar-refractivity contribution in [2.45, 2.75) is 38.1 Å². The summed E-state index contributed by atoms with van der Waals surface area (Å²) < 4.78 is 5.26. The number of rotatable bonds is 8. The van der Waals surface area contributed by atoms with E-state index in [-0.39, 0.29) is 6.61 Å². The number of nitrogens with zero attached hydrogens (tertiary/aromatic N) is 1. The van der Waals surface area contributed by atoms with Crippen LogP contribution in [-0.2, 0) is 4.74 Å². The van der Waals surface area contributed by atoms with Crippen LogP contribution >= 0.6 is 0 Å². The molecule has 2 unspecified atom stereocenters. The zero-order chi connectivity index (χ0) is 13.4. The van der Waals surface area contributed by atoms with Crippen molar-refractivity contribution in [1.29, 1.82) is 0 Å². The molecule has 1 rings (SSSR count). The molecule has 4 nitrogen and oxygen atoms in total. The van der Waals surface area contributed by atoms with Gasteiger partial charge >= 0.3 is 0 Å². The van der Waals surface area contributed by atoms with E-state index in [0.717, 1.165) is 19.0 Å². The van der Waals surface area contributed by atoms with Gasteiger partial charge in [-0.1, -0.05) is 19.8 Å². The van der Waals surface area contributed by atoms with Crippen molar-refractivity contribution in [3.05, 3.63) is 0 Å². The Kier molecular flexibility index (Phi) is 7.15. The lowest BCUT2D eigenvalue weighted by Gasteiger charge is -2.45. The minimum atomic E-state index is 0.110. The van der Waals surface area contributed by atoms with Crippen molar-refractivity contribution in [1.82, 2.24) is 10.2 Å². The van der Waals surface area contributed by atoms with Gasteiger partial charge in [-0.2, -0.15) is 0 Å². The van der Waals surface area contributed by atoms with Gasteiger partial charge in [-0.05, 0) is 32.9 Å². The molecule has 0 spiro atoms. The topological polar surface area (TPSA) is 44.7 Å². The maximum atomic E-state index is 8.62. The van der Waals surface area contributed by atoms with E-state index in [4.69, 9.17) is 9.84 Å². The molecule has 108 valence electrons. The van der Waals surface area contributed by atoms with Gasteiger partial charge in [-0.3, -0.25) is 0 Å². The average molecular weight is 258 g/mol. The van der Waals surface area contributed by atoms with E-state index in [1.807, 2.05) is 0 Å². The zero-order valence-electron chi connectivity index (χ0n) is 12.2. The van der Waals surface area contributed by atoms with Gasteiger partial charge in [-0.25, -0.2) is 0 Å². The number of ether oxygens (including phenoxy) is 1. The molecule has 0 aromatic carbocycles. The van der Waals surface area contributed by atoms with Gasteiger partial charge in [-0.15, -0.1) is 0 Å². The van der Waals surface area contributed by atoms with Crippen LogP contribution in [0.25, 0.3) is 0 Å². The van der Waals surface area contributed by atoms with Crippen molar-refractivity contribution in [3.63, 3.8) is 0 Å². The molecule has 1 fully saturated rings. The number of aliphatic hydroxyl groups is 1. The quantitative estimate of drug-likeness (QED) is 0.640. The summed E-state index contributed by atoms with van der Waals surface area (Å²) in [6.45, 7) is 5.49. The van der Waals surface area contributed by atoms with E-state index < -0.39 is 0 Å². The number of nitrogens with one attached hydrogen (secondary N) is 1. The summed E-state index contributed by atoms with van der Waals surface area (Å²) >= 11 is 0. The van der Waals surface area contributed by atoms with E-state index in [1.54, 1.807) is 0 Å². The molecule has 0 radical (unpaired) electrons. The Morgan fingerprint density at radius 1 is 1.39 bits per heavy atom. The maximum Gasteiger partial charge on any atom is 0.0698 e. The largest absolute Gasteiger partial charge is 0.394 e. The summed E-state index contributed by atoms with van der Waals surface area (Å²) in [5, 5.41) is 12.1. The molecule has 1 saturated carbocycles. The third-order valence-corrected chi connectivity index (χ3v) is 4.13. The summed E-state index contributed by atoms with van der Waals surface area (Å²) in [4.78, 5) is 2.39. The molecule has 0 aromatic rings. The Bertz CT molecular complexity index is 224. The lowest BCUT2D eigenvalue weighted by atomic mass is 9.75. The second-order valence-electron chi connectivity index (χ2n) is 5.83. The summed E-state index contributed by atoms with van der Waals surface area (Å²) in [6.07, 6.45) is 5.27. The zero-order valence-corrected chi connectivity index (χ0v) is 12.2. The first kappa shape index (κ1) is 15.9. The predicted molar refractivity (Wildman–Crippen MR) is 74.8 cm³/mol. The highest BCUT2D eigenvalue weighted by Gasteiger charge is 2.36. The van der Waals surface area contributed by atoms with Crippen LogP contribution in [0.5, 0.6) is 0 Å². The molecule has 0 aromatic heterocycles. The second-order valence-corrected chi connectivity index (χ2v) is 5.83. The Labute approximate surface area is 112 Å². The van der Waals surface area contributed by atoms with Crippen LogP contribution in [0.1, 0.15) is 32.6 Å². The molecule has 0 heterocycles. The van der Waals surface area contributed by atoms with Crippen LogP contribution in [0.3, 0.4) is 0 Å². The molecule has 1 aliphatic carbocycles. The molecule has 4 heteroatoms.